The molecule has 0 aromatic carbocycles. The van der Waals surface area contributed by atoms with E-state index in [-0.39, 0.29) is 5.54 Å². The van der Waals surface area contributed by atoms with Gasteiger partial charge in [0, 0.05) is 32.9 Å². The van der Waals surface area contributed by atoms with Crippen molar-refractivity contribution in [3.05, 3.63) is 0 Å². The van der Waals surface area contributed by atoms with Gasteiger partial charge in [0.15, 0.2) is 0 Å². The molecule has 0 fully saturated rings. The molecule has 0 heterocycles. The quantitative estimate of drug-likeness (QED) is 0.388. The van der Waals surface area contributed by atoms with Crippen molar-refractivity contribution in [3.63, 3.8) is 0 Å². The molecule has 5 heteroatoms. The summed E-state index contributed by atoms with van der Waals surface area (Å²) in [6.07, 6.45) is 8.96. The molecule has 0 saturated heterocycles. The molecular weight excluding hydrogens is 282 g/mol. The van der Waals surface area contributed by atoms with Crippen LogP contribution in [0.3, 0.4) is 0 Å². The van der Waals surface area contributed by atoms with Crippen LogP contribution in [0.15, 0.2) is 0 Å². The normalized spacial score (nSPS) is 12.9. The molecule has 1 N–H and O–H groups in total. The fourth-order valence-corrected chi connectivity index (χ4v) is 4.27. The zero-order valence-corrected chi connectivity index (χ0v) is 16.1. The monoisotopic (exact) mass is 319 g/mol. The van der Waals surface area contributed by atoms with E-state index < -0.39 is 8.80 Å². The van der Waals surface area contributed by atoms with E-state index >= 15 is 0 Å². The molecule has 0 aromatic rings. The zero-order valence-electron chi connectivity index (χ0n) is 15.1. The van der Waals surface area contributed by atoms with Crippen molar-refractivity contribution in [3.8, 4) is 0 Å². The van der Waals surface area contributed by atoms with Gasteiger partial charge in [-0.05, 0) is 33.2 Å². The first kappa shape index (κ1) is 21.1. The van der Waals surface area contributed by atoms with Gasteiger partial charge in [-0.25, -0.2) is 0 Å². The average molecular weight is 320 g/mol. The Bertz CT molecular complexity index is 237. The molecule has 0 unspecified atom stereocenters. The first-order valence-electron chi connectivity index (χ1n) is 8.35. The third kappa shape index (κ3) is 9.63. The Kier molecular flexibility index (Phi) is 11.6. The van der Waals surface area contributed by atoms with Crippen LogP contribution in [-0.2, 0) is 13.3 Å². The van der Waals surface area contributed by atoms with Crippen LogP contribution in [0.25, 0.3) is 0 Å². The van der Waals surface area contributed by atoms with E-state index in [1.165, 1.54) is 38.5 Å². The SMILES string of the molecule is CCCCCCCC(C)(C)NCCC[Si](OC)(OC)OC. The van der Waals surface area contributed by atoms with Crippen LogP contribution in [0, 0.1) is 0 Å². The van der Waals surface area contributed by atoms with Crippen molar-refractivity contribution in [2.45, 2.75) is 77.3 Å². The van der Waals surface area contributed by atoms with E-state index in [0.29, 0.717) is 0 Å². The van der Waals surface area contributed by atoms with Crippen molar-refractivity contribution >= 4 is 8.80 Å². The molecule has 0 bridgehead atoms. The molecule has 0 aliphatic heterocycles. The van der Waals surface area contributed by atoms with Crippen molar-refractivity contribution < 1.29 is 13.3 Å². The van der Waals surface area contributed by atoms with E-state index in [0.717, 1.165) is 19.0 Å². The number of hydrogen-bond donors (Lipinski definition) is 1. The lowest BCUT2D eigenvalue weighted by molar-refractivity contribution is 0.122. The fraction of sp³-hybridized carbons (Fsp3) is 1.00. The Hall–Kier alpha value is 0.0569. The van der Waals surface area contributed by atoms with Gasteiger partial charge in [-0.15, -0.1) is 0 Å². The molecule has 0 aliphatic rings. The summed E-state index contributed by atoms with van der Waals surface area (Å²) in [5, 5.41) is 3.65. The predicted octanol–water partition coefficient (Wildman–Crippen LogP) is 3.98. The molecule has 0 aromatic heterocycles. The molecule has 0 atom stereocenters. The van der Waals surface area contributed by atoms with Crippen LogP contribution in [-0.4, -0.2) is 42.2 Å². The van der Waals surface area contributed by atoms with Crippen molar-refractivity contribution in [1.29, 1.82) is 0 Å². The Morgan fingerprint density at radius 2 is 1.43 bits per heavy atom. The first-order valence-corrected chi connectivity index (χ1v) is 10.3. The smallest absolute Gasteiger partial charge is 0.377 e. The third-order valence-corrected chi connectivity index (χ3v) is 6.93. The third-order valence-electron chi connectivity index (χ3n) is 4.10. The molecule has 0 rings (SSSR count). The van der Waals surface area contributed by atoms with Gasteiger partial charge in [-0.2, -0.15) is 0 Å². The van der Waals surface area contributed by atoms with Crippen LogP contribution in [0.4, 0.5) is 0 Å². The molecule has 0 aliphatic carbocycles. The molecule has 0 amide bonds. The van der Waals surface area contributed by atoms with E-state index in [1.54, 1.807) is 21.3 Å². The van der Waals surface area contributed by atoms with Crippen LogP contribution in [0.2, 0.25) is 6.04 Å². The molecule has 0 spiro atoms. The van der Waals surface area contributed by atoms with Gasteiger partial charge in [0.2, 0.25) is 0 Å². The first-order chi connectivity index (χ1) is 9.95. The molecule has 21 heavy (non-hydrogen) atoms. The Morgan fingerprint density at radius 3 is 1.95 bits per heavy atom. The molecule has 0 saturated carbocycles. The minimum Gasteiger partial charge on any atom is -0.377 e. The minimum absolute atomic E-state index is 0.212. The maximum Gasteiger partial charge on any atom is 0.500 e. The minimum atomic E-state index is -2.39. The summed E-state index contributed by atoms with van der Waals surface area (Å²) in [7, 11) is 2.63. The molecule has 4 nitrogen and oxygen atoms in total. The Morgan fingerprint density at radius 1 is 0.857 bits per heavy atom. The fourth-order valence-electron chi connectivity index (χ4n) is 2.55. The standard InChI is InChI=1S/C16H37NO3Si/c1-7-8-9-10-11-13-16(2,3)17-14-12-15-21(18-4,19-5)20-6/h17H,7-15H2,1-6H3. The van der Waals surface area contributed by atoms with Gasteiger partial charge >= 0.3 is 8.80 Å². The van der Waals surface area contributed by atoms with E-state index in [2.05, 4.69) is 26.1 Å². The van der Waals surface area contributed by atoms with Gasteiger partial charge in [0.05, 0.1) is 0 Å². The van der Waals surface area contributed by atoms with E-state index in [4.69, 9.17) is 13.3 Å². The highest BCUT2D eigenvalue weighted by molar-refractivity contribution is 6.60. The lowest BCUT2D eigenvalue weighted by Gasteiger charge is -2.28. The van der Waals surface area contributed by atoms with Gasteiger partial charge in [0.25, 0.3) is 0 Å². The highest BCUT2D eigenvalue weighted by Gasteiger charge is 2.36. The summed E-state index contributed by atoms with van der Waals surface area (Å²) in [5.41, 5.74) is 0.212. The summed E-state index contributed by atoms with van der Waals surface area (Å²) >= 11 is 0. The zero-order chi connectivity index (χ0) is 16.2. The second-order valence-electron chi connectivity index (χ2n) is 6.37. The van der Waals surface area contributed by atoms with E-state index in [1.807, 2.05) is 0 Å². The summed E-state index contributed by atoms with van der Waals surface area (Å²) < 4.78 is 16.3. The van der Waals surface area contributed by atoms with Crippen LogP contribution >= 0.6 is 0 Å². The van der Waals surface area contributed by atoms with Crippen LogP contribution in [0.1, 0.15) is 65.7 Å². The Balaban J connectivity index is 3.82. The maximum atomic E-state index is 5.44. The van der Waals surface area contributed by atoms with Gasteiger partial charge in [0.1, 0.15) is 0 Å². The van der Waals surface area contributed by atoms with Gasteiger partial charge < -0.3 is 18.6 Å². The lowest BCUT2D eigenvalue weighted by atomic mass is 9.96. The van der Waals surface area contributed by atoms with Crippen LogP contribution < -0.4 is 5.32 Å². The van der Waals surface area contributed by atoms with E-state index in [9.17, 15) is 0 Å². The Labute approximate surface area is 133 Å². The number of rotatable bonds is 14. The topological polar surface area (TPSA) is 39.7 Å². The summed E-state index contributed by atoms with van der Waals surface area (Å²) in [5.74, 6) is 0. The van der Waals surface area contributed by atoms with Crippen molar-refractivity contribution in [1.82, 2.24) is 5.32 Å². The predicted molar refractivity (Wildman–Crippen MR) is 91.7 cm³/mol. The highest BCUT2D eigenvalue weighted by Crippen LogP contribution is 2.17. The lowest BCUT2D eigenvalue weighted by Crippen LogP contribution is -2.44. The average Bonchev–Trinajstić information content (AvgIpc) is 2.48. The van der Waals surface area contributed by atoms with Gasteiger partial charge in [-0.3, -0.25) is 0 Å². The second-order valence-corrected chi connectivity index (χ2v) is 9.46. The molecule has 0 radical (unpaired) electrons. The molecule has 128 valence electrons. The summed E-state index contributed by atoms with van der Waals surface area (Å²) in [6.45, 7) is 7.82. The number of hydrogen-bond acceptors (Lipinski definition) is 4. The highest BCUT2D eigenvalue weighted by atomic mass is 28.4. The summed E-state index contributed by atoms with van der Waals surface area (Å²) in [6, 6.07) is 0.857. The van der Waals surface area contributed by atoms with Crippen molar-refractivity contribution in [2.75, 3.05) is 27.9 Å². The summed E-state index contributed by atoms with van der Waals surface area (Å²) in [4.78, 5) is 0. The van der Waals surface area contributed by atoms with Crippen molar-refractivity contribution in [2.24, 2.45) is 0 Å². The van der Waals surface area contributed by atoms with Gasteiger partial charge in [-0.1, -0.05) is 39.0 Å². The number of nitrogens with one attached hydrogen (secondary N) is 1. The maximum absolute atomic E-state index is 5.44. The molecular formula is C16H37NO3Si. The number of unbranched alkanes of at least 4 members (excludes halogenated alkanes) is 4. The second kappa shape index (κ2) is 11.6. The van der Waals surface area contributed by atoms with Crippen LogP contribution in [0.5, 0.6) is 0 Å². The largest absolute Gasteiger partial charge is 0.500 e.